The fourth-order valence-electron chi connectivity index (χ4n) is 2.06. The molecule has 0 amide bonds. The van der Waals surface area contributed by atoms with Crippen molar-refractivity contribution in [3.8, 4) is 0 Å². The summed E-state index contributed by atoms with van der Waals surface area (Å²) in [5.74, 6) is -0.309. The first-order valence-corrected chi connectivity index (χ1v) is 7.50. The lowest BCUT2D eigenvalue weighted by Crippen LogP contribution is -2.33. The summed E-state index contributed by atoms with van der Waals surface area (Å²) in [5.41, 5.74) is 2.47. The Morgan fingerprint density at radius 1 is 1.42 bits per heavy atom. The molecule has 102 valence electrons. The average Bonchev–Trinajstić information content (AvgIpc) is 2.88. The molecule has 2 nitrogen and oxygen atoms in total. The highest BCUT2D eigenvalue weighted by atomic mass is 35.5. The fraction of sp³-hybridized carbons (Fsp3) is 0.357. The van der Waals surface area contributed by atoms with Crippen molar-refractivity contribution in [3.63, 3.8) is 0 Å². The number of halogens is 2. The average molecular weight is 299 g/mol. The summed E-state index contributed by atoms with van der Waals surface area (Å²) in [6, 6.07) is 5.35. The number of rotatable bonds is 6. The van der Waals surface area contributed by atoms with E-state index in [1.54, 1.807) is 29.5 Å². The van der Waals surface area contributed by atoms with E-state index < -0.39 is 0 Å². The molecule has 1 unspecified atom stereocenters. The van der Waals surface area contributed by atoms with Gasteiger partial charge in [-0.25, -0.2) is 4.39 Å². The summed E-state index contributed by atoms with van der Waals surface area (Å²) in [5, 5.41) is 3.57. The summed E-state index contributed by atoms with van der Waals surface area (Å²) >= 11 is 7.44. The first-order valence-electron chi connectivity index (χ1n) is 6.24. The van der Waals surface area contributed by atoms with Gasteiger partial charge in [0.15, 0.2) is 0 Å². The molecule has 0 saturated carbocycles. The number of nitrogens with zero attached hydrogens (tertiary/aromatic N) is 1. The molecule has 1 atom stereocenters. The van der Waals surface area contributed by atoms with E-state index in [-0.39, 0.29) is 16.9 Å². The standard InChI is InChI=1S/C14H16ClFN2S/c1-2-18-11(7-12-8-17-9-19-12)6-10-4-3-5-13(15)14(10)16/h3-5,8-9,11,18H,2,6-7H2,1H3. The maximum absolute atomic E-state index is 13.9. The molecule has 0 aliphatic rings. The molecule has 1 heterocycles. The largest absolute Gasteiger partial charge is 0.314 e. The van der Waals surface area contributed by atoms with E-state index in [0.717, 1.165) is 13.0 Å². The van der Waals surface area contributed by atoms with Crippen molar-refractivity contribution in [2.75, 3.05) is 6.54 Å². The number of hydrogen-bond donors (Lipinski definition) is 1. The maximum atomic E-state index is 13.9. The van der Waals surface area contributed by atoms with Gasteiger partial charge in [-0.2, -0.15) is 0 Å². The van der Waals surface area contributed by atoms with E-state index in [2.05, 4.69) is 10.3 Å². The Balaban J connectivity index is 2.09. The van der Waals surface area contributed by atoms with Crippen LogP contribution in [0.4, 0.5) is 4.39 Å². The monoisotopic (exact) mass is 298 g/mol. The van der Waals surface area contributed by atoms with E-state index in [1.807, 2.05) is 18.6 Å². The summed E-state index contributed by atoms with van der Waals surface area (Å²) in [7, 11) is 0. The molecule has 2 rings (SSSR count). The second-order valence-electron chi connectivity index (χ2n) is 4.34. The van der Waals surface area contributed by atoms with Crippen molar-refractivity contribution in [1.82, 2.24) is 10.3 Å². The highest BCUT2D eigenvalue weighted by molar-refractivity contribution is 7.09. The number of likely N-dealkylation sites (N-methyl/N-ethyl adjacent to an activating group) is 1. The lowest BCUT2D eigenvalue weighted by atomic mass is 10.0. The molecule has 0 saturated heterocycles. The van der Waals surface area contributed by atoms with Crippen LogP contribution < -0.4 is 5.32 Å². The zero-order chi connectivity index (χ0) is 13.7. The molecule has 0 aliphatic carbocycles. The molecule has 0 spiro atoms. The molecule has 0 radical (unpaired) electrons. The summed E-state index contributed by atoms with van der Waals surface area (Å²) in [6.45, 7) is 2.90. The number of nitrogens with one attached hydrogen (secondary N) is 1. The minimum atomic E-state index is -0.309. The van der Waals surface area contributed by atoms with Gasteiger partial charge in [-0.05, 0) is 31.0 Å². The Bertz CT molecular complexity index is 516. The SMILES string of the molecule is CCNC(Cc1cncs1)Cc1cccc(Cl)c1F. The van der Waals surface area contributed by atoms with E-state index in [0.29, 0.717) is 12.0 Å². The third-order valence-corrected chi connectivity index (χ3v) is 4.02. The molecule has 0 fully saturated rings. The van der Waals surface area contributed by atoms with Crippen molar-refractivity contribution < 1.29 is 4.39 Å². The van der Waals surface area contributed by atoms with E-state index >= 15 is 0 Å². The van der Waals surface area contributed by atoms with Gasteiger partial charge >= 0.3 is 0 Å². The summed E-state index contributed by atoms with van der Waals surface area (Å²) in [6.07, 6.45) is 3.34. The maximum Gasteiger partial charge on any atom is 0.145 e. The molecule has 0 aliphatic heterocycles. The Labute approximate surface area is 121 Å². The molecule has 19 heavy (non-hydrogen) atoms. The Morgan fingerprint density at radius 3 is 2.95 bits per heavy atom. The normalized spacial score (nSPS) is 12.6. The van der Waals surface area contributed by atoms with Gasteiger partial charge in [0.05, 0.1) is 10.5 Å². The smallest absolute Gasteiger partial charge is 0.145 e. The molecule has 0 bridgehead atoms. The molecular weight excluding hydrogens is 283 g/mol. The minimum Gasteiger partial charge on any atom is -0.314 e. The van der Waals surface area contributed by atoms with Gasteiger partial charge in [0, 0.05) is 17.1 Å². The van der Waals surface area contributed by atoms with E-state index in [9.17, 15) is 4.39 Å². The summed E-state index contributed by atoms with van der Waals surface area (Å²) in [4.78, 5) is 5.27. The van der Waals surface area contributed by atoms with Crippen LogP contribution in [0.1, 0.15) is 17.4 Å². The van der Waals surface area contributed by atoms with Crippen LogP contribution >= 0.6 is 22.9 Å². The van der Waals surface area contributed by atoms with Gasteiger partial charge in [0.25, 0.3) is 0 Å². The highest BCUT2D eigenvalue weighted by Crippen LogP contribution is 2.20. The van der Waals surface area contributed by atoms with Crippen LogP contribution in [0, 0.1) is 5.82 Å². The molecule has 5 heteroatoms. The second-order valence-corrected chi connectivity index (χ2v) is 5.72. The zero-order valence-corrected chi connectivity index (χ0v) is 12.3. The van der Waals surface area contributed by atoms with Gasteiger partial charge in [0.1, 0.15) is 5.82 Å². The second kappa shape index (κ2) is 6.98. The van der Waals surface area contributed by atoms with Crippen molar-refractivity contribution >= 4 is 22.9 Å². The Hall–Kier alpha value is -0.970. The molecule has 2 aromatic rings. The van der Waals surface area contributed by atoms with Crippen molar-refractivity contribution in [2.24, 2.45) is 0 Å². The number of aromatic nitrogens is 1. The molecule has 1 N–H and O–H groups in total. The quantitative estimate of drug-likeness (QED) is 0.879. The van der Waals surface area contributed by atoms with Crippen molar-refractivity contribution in [1.29, 1.82) is 0 Å². The number of thiazole rings is 1. The first-order chi connectivity index (χ1) is 9.20. The third kappa shape index (κ3) is 4.00. The van der Waals surface area contributed by atoms with Gasteiger partial charge in [-0.3, -0.25) is 4.98 Å². The van der Waals surface area contributed by atoms with Gasteiger partial charge in [-0.15, -0.1) is 11.3 Å². The highest BCUT2D eigenvalue weighted by Gasteiger charge is 2.14. The van der Waals surface area contributed by atoms with Crippen molar-refractivity contribution in [2.45, 2.75) is 25.8 Å². The lowest BCUT2D eigenvalue weighted by Gasteiger charge is -2.17. The van der Waals surface area contributed by atoms with Crippen LogP contribution in [0.25, 0.3) is 0 Å². The van der Waals surface area contributed by atoms with Crippen LogP contribution in [0.2, 0.25) is 5.02 Å². The Morgan fingerprint density at radius 2 is 2.26 bits per heavy atom. The number of benzene rings is 1. The van der Waals surface area contributed by atoms with Crippen LogP contribution in [0.3, 0.4) is 0 Å². The van der Waals surface area contributed by atoms with Crippen LogP contribution in [-0.4, -0.2) is 17.6 Å². The topological polar surface area (TPSA) is 24.9 Å². The Kier molecular flexibility index (Phi) is 5.31. The predicted octanol–water partition coefficient (Wildman–Crippen LogP) is 3.70. The van der Waals surface area contributed by atoms with Crippen molar-refractivity contribution in [3.05, 3.63) is 51.2 Å². The van der Waals surface area contributed by atoms with Crippen LogP contribution in [0.5, 0.6) is 0 Å². The van der Waals surface area contributed by atoms with E-state index in [1.165, 1.54) is 4.88 Å². The molecule has 1 aromatic carbocycles. The van der Waals surface area contributed by atoms with Gasteiger partial charge in [-0.1, -0.05) is 30.7 Å². The molecular formula is C14H16ClFN2S. The van der Waals surface area contributed by atoms with E-state index in [4.69, 9.17) is 11.6 Å². The fourth-order valence-corrected chi connectivity index (χ4v) is 2.93. The molecule has 1 aromatic heterocycles. The van der Waals surface area contributed by atoms with Gasteiger partial charge in [0.2, 0.25) is 0 Å². The number of hydrogen-bond acceptors (Lipinski definition) is 3. The summed E-state index contributed by atoms with van der Waals surface area (Å²) < 4.78 is 13.9. The lowest BCUT2D eigenvalue weighted by molar-refractivity contribution is 0.508. The minimum absolute atomic E-state index is 0.186. The van der Waals surface area contributed by atoms with Gasteiger partial charge < -0.3 is 5.32 Å². The zero-order valence-electron chi connectivity index (χ0n) is 10.7. The first kappa shape index (κ1) is 14.4. The van der Waals surface area contributed by atoms with Crippen LogP contribution in [0.15, 0.2) is 29.9 Å². The third-order valence-electron chi connectivity index (χ3n) is 2.92. The predicted molar refractivity (Wildman–Crippen MR) is 78.4 cm³/mol. The van der Waals surface area contributed by atoms with Crippen LogP contribution in [-0.2, 0) is 12.8 Å².